The van der Waals surface area contributed by atoms with E-state index in [1.165, 1.54) is 44.2 Å². The first-order chi connectivity index (χ1) is 14.6. The van der Waals surface area contributed by atoms with Gasteiger partial charge in [-0.05, 0) is 58.0 Å². The molecule has 0 bridgehead atoms. The Kier molecular flexibility index (Phi) is 6.67. The van der Waals surface area contributed by atoms with Gasteiger partial charge in [0.1, 0.15) is 0 Å². The van der Waals surface area contributed by atoms with Crippen molar-refractivity contribution < 1.29 is 0 Å². The number of likely N-dealkylation sites (N-methyl/N-ethyl adjacent to an activating group) is 1. The molecule has 6 nitrogen and oxygen atoms in total. The maximum absolute atomic E-state index is 5.47. The third-order valence-electron chi connectivity index (χ3n) is 7.48. The van der Waals surface area contributed by atoms with E-state index in [9.17, 15) is 0 Å². The number of nitrogens with zero attached hydrogens (tertiary/aromatic N) is 5. The van der Waals surface area contributed by atoms with Crippen LogP contribution in [0.25, 0.3) is 0 Å². The average molecular weight is 411 g/mol. The fourth-order valence-electron chi connectivity index (χ4n) is 5.61. The fourth-order valence-corrected chi connectivity index (χ4v) is 5.61. The first-order valence-electron chi connectivity index (χ1n) is 11.9. The molecule has 2 unspecified atom stereocenters. The van der Waals surface area contributed by atoms with Crippen molar-refractivity contribution in [1.82, 2.24) is 14.9 Å². The number of rotatable bonds is 6. The van der Waals surface area contributed by atoms with Crippen molar-refractivity contribution in [2.75, 3.05) is 48.3 Å². The summed E-state index contributed by atoms with van der Waals surface area (Å²) < 4.78 is 0. The highest BCUT2D eigenvalue weighted by Crippen LogP contribution is 2.39. The number of nitrogens with one attached hydrogen (secondary N) is 1. The number of fused-ring (bicyclic) bond motifs is 1. The second-order valence-electron chi connectivity index (χ2n) is 9.44. The molecular formula is C24H38N6. The van der Waals surface area contributed by atoms with Crippen LogP contribution in [0.4, 0.5) is 17.5 Å². The van der Waals surface area contributed by atoms with Crippen LogP contribution in [0.2, 0.25) is 0 Å². The predicted molar refractivity (Wildman–Crippen MR) is 125 cm³/mol. The van der Waals surface area contributed by atoms with Gasteiger partial charge in [0, 0.05) is 31.7 Å². The van der Waals surface area contributed by atoms with Crippen LogP contribution in [0.1, 0.15) is 58.8 Å². The Labute approximate surface area is 182 Å². The zero-order valence-corrected chi connectivity index (χ0v) is 19.0. The summed E-state index contributed by atoms with van der Waals surface area (Å²) in [7, 11) is 2.18. The Hall–Kier alpha value is -2.00. The lowest BCUT2D eigenvalue weighted by Crippen LogP contribution is -2.52. The van der Waals surface area contributed by atoms with E-state index in [0.29, 0.717) is 24.0 Å². The van der Waals surface area contributed by atoms with Crippen molar-refractivity contribution in [2.45, 2.75) is 76.9 Å². The van der Waals surface area contributed by atoms with E-state index in [1.54, 1.807) is 0 Å². The van der Waals surface area contributed by atoms with Crippen LogP contribution in [0.5, 0.6) is 0 Å². The first kappa shape index (κ1) is 21.2. The number of likely N-dealkylation sites (tertiary alicyclic amines) is 1. The number of piperidine rings is 1. The molecule has 2 fully saturated rings. The van der Waals surface area contributed by atoms with Crippen molar-refractivity contribution in [3.63, 3.8) is 0 Å². The molecule has 6 heteroatoms. The van der Waals surface area contributed by atoms with Gasteiger partial charge in [-0.1, -0.05) is 25.7 Å². The van der Waals surface area contributed by atoms with Crippen molar-refractivity contribution in [3.8, 4) is 12.3 Å². The number of hydrogen-bond donors (Lipinski definition) is 1. The summed E-state index contributed by atoms with van der Waals surface area (Å²) >= 11 is 0. The van der Waals surface area contributed by atoms with Gasteiger partial charge in [0.15, 0.2) is 5.82 Å². The van der Waals surface area contributed by atoms with E-state index in [2.05, 4.69) is 46.8 Å². The summed E-state index contributed by atoms with van der Waals surface area (Å²) in [6.45, 7) is 8.59. The van der Waals surface area contributed by atoms with Crippen LogP contribution in [-0.2, 0) is 0 Å². The Morgan fingerprint density at radius 1 is 1.23 bits per heavy atom. The monoisotopic (exact) mass is 410 g/mol. The third kappa shape index (κ3) is 4.37. The summed E-state index contributed by atoms with van der Waals surface area (Å²) in [4.78, 5) is 17.1. The summed E-state index contributed by atoms with van der Waals surface area (Å²) in [6.07, 6.45) is 16.3. The molecule has 1 N–H and O–H groups in total. The minimum Gasteiger partial charge on any atom is -0.368 e. The molecule has 2 aliphatic heterocycles. The second kappa shape index (κ2) is 9.43. The smallest absolute Gasteiger partial charge is 0.224 e. The second-order valence-corrected chi connectivity index (χ2v) is 9.44. The van der Waals surface area contributed by atoms with Crippen LogP contribution >= 0.6 is 0 Å². The quantitative estimate of drug-likeness (QED) is 0.723. The van der Waals surface area contributed by atoms with E-state index in [1.807, 2.05) is 6.20 Å². The van der Waals surface area contributed by atoms with Crippen LogP contribution < -0.4 is 15.1 Å². The molecule has 0 spiro atoms. The lowest BCUT2D eigenvalue weighted by Gasteiger charge is -2.45. The van der Waals surface area contributed by atoms with E-state index in [0.717, 1.165) is 44.4 Å². The highest BCUT2D eigenvalue weighted by molar-refractivity contribution is 5.71. The van der Waals surface area contributed by atoms with E-state index in [4.69, 9.17) is 16.4 Å². The van der Waals surface area contributed by atoms with Crippen molar-refractivity contribution in [1.29, 1.82) is 0 Å². The van der Waals surface area contributed by atoms with Gasteiger partial charge in [-0.25, -0.2) is 4.98 Å². The maximum atomic E-state index is 5.47. The van der Waals surface area contributed by atoms with Crippen LogP contribution in [-0.4, -0.2) is 66.2 Å². The Morgan fingerprint density at radius 3 is 2.63 bits per heavy atom. The molecule has 0 aromatic carbocycles. The number of terminal acetylenes is 1. The number of anilines is 3. The average Bonchev–Trinajstić information content (AvgIpc) is 3.28. The van der Waals surface area contributed by atoms with Gasteiger partial charge >= 0.3 is 0 Å². The molecule has 164 valence electrons. The number of aromatic nitrogens is 2. The maximum Gasteiger partial charge on any atom is 0.224 e. The van der Waals surface area contributed by atoms with Crippen molar-refractivity contribution >= 4 is 17.5 Å². The van der Waals surface area contributed by atoms with E-state index < -0.39 is 0 Å². The minimum absolute atomic E-state index is 0.360. The molecule has 0 amide bonds. The molecule has 1 aliphatic carbocycles. The van der Waals surface area contributed by atoms with Crippen LogP contribution in [0.3, 0.4) is 0 Å². The zero-order chi connectivity index (χ0) is 21.1. The van der Waals surface area contributed by atoms with Gasteiger partial charge in [0.05, 0.1) is 18.4 Å². The van der Waals surface area contributed by atoms with Gasteiger partial charge < -0.3 is 15.1 Å². The van der Waals surface area contributed by atoms with Gasteiger partial charge in [-0.3, -0.25) is 4.90 Å². The topological polar surface area (TPSA) is 47.5 Å². The summed E-state index contributed by atoms with van der Waals surface area (Å²) in [5, 5.41) is 3.64. The SMILES string of the molecule is C#CCN1CCC(C(C)Nc2ncc3c(n2)N(C2CCCC2)C(CC)CN3C)CC1. The molecule has 1 aromatic rings. The molecule has 1 saturated carbocycles. The molecular weight excluding hydrogens is 372 g/mol. The van der Waals surface area contributed by atoms with Crippen LogP contribution in [0, 0.1) is 18.3 Å². The lowest BCUT2D eigenvalue weighted by atomic mass is 9.90. The van der Waals surface area contributed by atoms with Gasteiger partial charge in [-0.15, -0.1) is 6.42 Å². The van der Waals surface area contributed by atoms with Gasteiger partial charge in [-0.2, -0.15) is 4.98 Å². The zero-order valence-electron chi connectivity index (χ0n) is 19.0. The van der Waals surface area contributed by atoms with E-state index in [-0.39, 0.29) is 0 Å². The predicted octanol–water partition coefficient (Wildman–Crippen LogP) is 3.60. The van der Waals surface area contributed by atoms with Gasteiger partial charge in [0.2, 0.25) is 5.95 Å². The molecule has 3 heterocycles. The Morgan fingerprint density at radius 2 is 1.97 bits per heavy atom. The normalized spacial score (nSPS) is 24.5. The lowest BCUT2D eigenvalue weighted by molar-refractivity contribution is 0.193. The molecule has 3 aliphatic rings. The van der Waals surface area contributed by atoms with Gasteiger partial charge in [0.25, 0.3) is 0 Å². The molecule has 1 aromatic heterocycles. The summed E-state index contributed by atoms with van der Waals surface area (Å²) in [5.41, 5.74) is 1.17. The molecule has 1 saturated heterocycles. The van der Waals surface area contributed by atoms with Crippen molar-refractivity contribution in [2.24, 2.45) is 5.92 Å². The Balaban J connectivity index is 1.49. The molecule has 2 atom stereocenters. The van der Waals surface area contributed by atoms with Crippen molar-refractivity contribution in [3.05, 3.63) is 6.20 Å². The Bertz CT molecular complexity index is 745. The number of hydrogen-bond acceptors (Lipinski definition) is 6. The van der Waals surface area contributed by atoms with Crippen LogP contribution in [0.15, 0.2) is 6.20 Å². The highest BCUT2D eigenvalue weighted by atomic mass is 15.3. The molecule has 4 rings (SSSR count). The standard InChI is InChI=1S/C24H38N6/c1-5-13-29-14-11-19(12-15-29)18(3)26-24-25-16-22-23(27-24)30(21-9-7-8-10-21)20(6-2)17-28(22)4/h1,16,18-21H,6-15,17H2,2-4H3,(H,25,26,27). The molecule has 30 heavy (non-hydrogen) atoms. The first-order valence-corrected chi connectivity index (χ1v) is 11.9. The summed E-state index contributed by atoms with van der Waals surface area (Å²) in [5.74, 6) is 5.32. The largest absolute Gasteiger partial charge is 0.368 e. The molecule has 0 radical (unpaired) electrons. The minimum atomic E-state index is 0.360. The fraction of sp³-hybridized carbons (Fsp3) is 0.750. The summed E-state index contributed by atoms with van der Waals surface area (Å²) in [6, 6.07) is 1.52. The van der Waals surface area contributed by atoms with E-state index >= 15 is 0 Å². The third-order valence-corrected chi connectivity index (χ3v) is 7.48. The highest BCUT2D eigenvalue weighted by Gasteiger charge is 2.36.